The molecule has 0 radical (unpaired) electrons. The van der Waals surface area contributed by atoms with Crippen LogP contribution in [0.5, 0.6) is 0 Å². The van der Waals surface area contributed by atoms with Gasteiger partial charge in [-0.3, -0.25) is 9.59 Å². The van der Waals surface area contributed by atoms with Crippen LogP contribution in [-0.2, 0) is 4.79 Å². The zero-order chi connectivity index (χ0) is 17.9. The molecule has 0 fully saturated rings. The van der Waals surface area contributed by atoms with Gasteiger partial charge in [-0.1, -0.05) is 12.1 Å². The van der Waals surface area contributed by atoms with Crippen LogP contribution in [0.15, 0.2) is 36.4 Å². The van der Waals surface area contributed by atoms with E-state index in [1.807, 2.05) is 5.32 Å². The molecule has 0 atom stereocenters. The molecule has 0 saturated carbocycles. The second-order valence-electron chi connectivity index (χ2n) is 4.51. The Morgan fingerprint density at radius 2 is 1.54 bits per heavy atom. The lowest BCUT2D eigenvalue weighted by Gasteiger charge is -2.12. The second kappa shape index (κ2) is 7.07. The number of carbonyl (C=O) groups excluding carboxylic acids is 2. The fraction of sp³-hybridized carbons (Fsp3) is 0.0667. The minimum Gasteiger partial charge on any atom is -0.319 e. The summed E-state index contributed by atoms with van der Waals surface area (Å²) >= 11 is 0. The molecule has 0 aliphatic carbocycles. The number of hydrogen-bond donors (Lipinski definition) is 2. The average Bonchev–Trinajstić information content (AvgIpc) is 2.54. The fourth-order valence-corrected chi connectivity index (χ4v) is 1.78. The van der Waals surface area contributed by atoms with E-state index in [1.54, 1.807) is 0 Å². The van der Waals surface area contributed by atoms with Gasteiger partial charge in [-0.05, 0) is 24.3 Å². The first-order chi connectivity index (χ1) is 11.3. The predicted octanol–water partition coefficient (Wildman–Crippen LogP) is 3.56. The quantitative estimate of drug-likeness (QED) is 0.834. The minimum absolute atomic E-state index is 0.403. The standard InChI is InChI=1S/C15H9F5N2O2/c16-8-4-2-1-3-7(8)14(23)21-10-6-5-9(17)12(11(10)18)22-15(24)13(19)20/h1-6,13H,(H,21,23)(H,22,24). The molecular formula is C15H9F5N2O2. The van der Waals surface area contributed by atoms with E-state index in [9.17, 15) is 31.5 Å². The SMILES string of the molecule is O=C(Nc1ccc(F)c(NC(=O)C(F)F)c1F)c1ccccc1F. The van der Waals surface area contributed by atoms with Crippen LogP contribution in [0.1, 0.15) is 10.4 Å². The Kier molecular flexibility index (Phi) is 5.12. The Bertz CT molecular complexity index is 795. The van der Waals surface area contributed by atoms with Gasteiger partial charge in [0.2, 0.25) is 0 Å². The van der Waals surface area contributed by atoms with E-state index in [2.05, 4.69) is 0 Å². The first-order valence-corrected chi connectivity index (χ1v) is 6.44. The van der Waals surface area contributed by atoms with E-state index in [0.717, 1.165) is 18.2 Å². The van der Waals surface area contributed by atoms with E-state index in [0.29, 0.717) is 6.07 Å². The average molecular weight is 344 g/mol. The fourth-order valence-electron chi connectivity index (χ4n) is 1.78. The Morgan fingerprint density at radius 1 is 0.875 bits per heavy atom. The van der Waals surface area contributed by atoms with Crippen LogP contribution in [0.4, 0.5) is 33.3 Å². The lowest BCUT2D eigenvalue weighted by Crippen LogP contribution is -2.22. The highest BCUT2D eigenvalue weighted by Gasteiger charge is 2.22. The van der Waals surface area contributed by atoms with Crippen LogP contribution in [-0.4, -0.2) is 18.2 Å². The highest BCUT2D eigenvalue weighted by atomic mass is 19.3. The number of halogens is 5. The maximum absolute atomic E-state index is 14.1. The van der Waals surface area contributed by atoms with Crippen molar-refractivity contribution in [2.75, 3.05) is 10.6 Å². The summed E-state index contributed by atoms with van der Waals surface area (Å²) in [6.07, 6.45) is -3.49. The molecule has 2 aromatic carbocycles. The van der Waals surface area contributed by atoms with Crippen LogP contribution in [0.2, 0.25) is 0 Å². The van der Waals surface area contributed by atoms with Gasteiger partial charge in [-0.15, -0.1) is 0 Å². The third-order valence-electron chi connectivity index (χ3n) is 2.90. The highest BCUT2D eigenvalue weighted by Crippen LogP contribution is 2.26. The number of nitrogens with one attached hydrogen (secondary N) is 2. The minimum atomic E-state index is -3.49. The van der Waals surface area contributed by atoms with E-state index >= 15 is 0 Å². The Labute approximate surface area is 132 Å². The van der Waals surface area contributed by atoms with Gasteiger partial charge in [-0.2, -0.15) is 8.78 Å². The smallest absolute Gasteiger partial charge is 0.315 e. The molecular weight excluding hydrogens is 335 g/mol. The third kappa shape index (κ3) is 3.67. The van der Waals surface area contributed by atoms with E-state index in [-0.39, 0.29) is 0 Å². The molecule has 0 aliphatic rings. The van der Waals surface area contributed by atoms with Crippen molar-refractivity contribution in [2.45, 2.75) is 6.43 Å². The molecule has 9 heteroatoms. The lowest BCUT2D eigenvalue weighted by molar-refractivity contribution is -0.126. The molecule has 0 aliphatic heterocycles. The number of amides is 2. The number of carbonyl (C=O) groups is 2. The van der Waals surface area contributed by atoms with Crippen LogP contribution in [0, 0.1) is 17.5 Å². The first-order valence-electron chi connectivity index (χ1n) is 6.44. The van der Waals surface area contributed by atoms with Crippen molar-refractivity contribution in [3.05, 3.63) is 59.4 Å². The van der Waals surface area contributed by atoms with Crippen molar-refractivity contribution in [1.29, 1.82) is 0 Å². The molecule has 2 aromatic rings. The maximum atomic E-state index is 14.1. The van der Waals surface area contributed by atoms with Crippen molar-refractivity contribution in [1.82, 2.24) is 0 Å². The lowest BCUT2D eigenvalue weighted by atomic mass is 10.2. The Morgan fingerprint density at radius 3 is 2.17 bits per heavy atom. The van der Waals surface area contributed by atoms with E-state index in [4.69, 9.17) is 0 Å². The first kappa shape index (κ1) is 17.4. The second-order valence-corrected chi connectivity index (χ2v) is 4.51. The van der Waals surface area contributed by atoms with E-state index in [1.165, 1.54) is 17.4 Å². The molecule has 0 spiro atoms. The molecule has 0 saturated heterocycles. The van der Waals surface area contributed by atoms with Crippen molar-refractivity contribution >= 4 is 23.2 Å². The number of alkyl halides is 2. The van der Waals surface area contributed by atoms with Gasteiger partial charge in [0.05, 0.1) is 11.3 Å². The van der Waals surface area contributed by atoms with Crippen molar-refractivity contribution in [2.24, 2.45) is 0 Å². The van der Waals surface area contributed by atoms with Crippen molar-refractivity contribution < 1.29 is 31.5 Å². The Hall–Kier alpha value is -2.97. The summed E-state index contributed by atoms with van der Waals surface area (Å²) in [7, 11) is 0. The summed E-state index contributed by atoms with van der Waals surface area (Å²) in [5.41, 5.74) is -2.17. The summed E-state index contributed by atoms with van der Waals surface area (Å²) in [6, 6.07) is 6.30. The molecule has 2 rings (SSSR count). The largest absolute Gasteiger partial charge is 0.319 e. The van der Waals surface area contributed by atoms with Crippen LogP contribution in [0.25, 0.3) is 0 Å². The molecule has 2 amide bonds. The monoisotopic (exact) mass is 344 g/mol. The van der Waals surface area contributed by atoms with Gasteiger partial charge in [0.1, 0.15) is 17.3 Å². The van der Waals surface area contributed by atoms with Gasteiger partial charge < -0.3 is 10.6 Å². The van der Waals surface area contributed by atoms with Crippen LogP contribution >= 0.6 is 0 Å². The molecule has 2 N–H and O–H groups in total. The zero-order valence-corrected chi connectivity index (χ0v) is 11.7. The van der Waals surface area contributed by atoms with Crippen LogP contribution in [0.3, 0.4) is 0 Å². The normalized spacial score (nSPS) is 10.6. The topological polar surface area (TPSA) is 58.2 Å². The molecule has 126 valence electrons. The van der Waals surface area contributed by atoms with Crippen LogP contribution < -0.4 is 10.6 Å². The van der Waals surface area contributed by atoms with Gasteiger partial charge in [0.25, 0.3) is 11.8 Å². The Balaban J connectivity index is 2.30. The summed E-state index contributed by atoms with van der Waals surface area (Å²) in [5, 5.41) is 3.36. The molecule has 24 heavy (non-hydrogen) atoms. The third-order valence-corrected chi connectivity index (χ3v) is 2.90. The predicted molar refractivity (Wildman–Crippen MR) is 75.3 cm³/mol. The molecule has 0 bridgehead atoms. The van der Waals surface area contributed by atoms with Gasteiger partial charge in [-0.25, -0.2) is 13.2 Å². The molecule has 4 nitrogen and oxygen atoms in total. The molecule has 0 aromatic heterocycles. The summed E-state index contributed by atoms with van der Waals surface area (Å²) < 4.78 is 65.5. The number of anilines is 2. The highest BCUT2D eigenvalue weighted by molar-refractivity contribution is 6.05. The van der Waals surface area contributed by atoms with Crippen molar-refractivity contribution in [3.63, 3.8) is 0 Å². The number of benzene rings is 2. The summed E-state index contributed by atoms with van der Waals surface area (Å²) in [5.74, 6) is -6.61. The number of hydrogen-bond acceptors (Lipinski definition) is 2. The summed E-state index contributed by atoms with van der Waals surface area (Å²) in [4.78, 5) is 22.8. The van der Waals surface area contributed by atoms with Gasteiger partial charge >= 0.3 is 6.43 Å². The zero-order valence-electron chi connectivity index (χ0n) is 11.7. The molecule has 0 unspecified atom stereocenters. The maximum Gasteiger partial charge on any atom is 0.315 e. The van der Waals surface area contributed by atoms with Gasteiger partial charge in [0.15, 0.2) is 5.82 Å². The van der Waals surface area contributed by atoms with Crippen molar-refractivity contribution in [3.8, 4) is 0 Å². The van der Waals surface area contributed by atoms with E-state index < -0.39 is 52.6 Å². The van der Waals surface area contributed by atoms with Gasteiger partial charge in [0, 0.05) is 0 Å². The summed E-state index contributed by atoms with van der Waals surface area (Å²) in [6.45, 7) is 0. The molecule has 0 heterocycles. The number of rotatable bonds is 4.